The van der Waals surface area contributed by atoms with Crippen LogP contribution in [0.15, 0.2) is 21.5 Å². The molecule has 1 unspecified atom stereocenters. The highest BCUT2D eigenvalue weighted by Gasteiger charge is 2.23. The minimum atomic E-state index is -4.05. The van der Waals surface area contributed by atoms with Gasteiger partial charge in [-0.1, -0.05) is 27.5 Å². The molecule has 0 fully saturated rings. The van der Waals surface area contributed by atoms with Crippen LogP contribution in [0.25, 0.3) is 0 Å². The summed E-state index contributed by atoms with van der Waals surface area (Å²) in [5.74, 6) is -0.759. The Morgan fingerprint density at radius 1 is 1.50 bits per heavy atom. The Labute approximate surface area is 130 Å². The second-order valence-electron chi connectivity index (χ2n) is 3.98. The molecule has 6 nitrogen and oxygen atoms in total. The predicted octanol–water partition coefficient (Wildman–Crippen LogP) is 1.94. The highest BCUT2D eigenvalue weighted by atomic mass is 79.9. The highest BCUT2D eigenvalue weighted by molar-refractivity contribution is 9.10. The summed E-state index contributed by atoms with van der Waals surface area (Å²) < 4.78 is 33.1. The van der Waals surface area contributed by atoms with E-state index in [4.69, 9.17) is 26.2 Å². The number of rotatable bonds is 5. The quantitative estimate of drug-likeness (QED) is 0.780. The molecule has 9 heteroatoms. The third-order valence-corrected chi connectivity index (χ3v) is 4.15. The smallest absolute Gasteiger partial charge is 0.340 e. The van der Waals surface area contributed by atoms with Gasteiger partial charge in [-0.3, -0.25) is 0 Å². The lowest BCUT2D eigenvalue weighted by atomic mass is 10.2. The van der Waals surface area contributed by atoms with Crippen molar-refractivity contribution in [3.63, 3.8) is 0 Å². The number of esters is 1. The van der Waals surface area contributed by atoms with E-state index in [0.717, 1.165) is 0 Å². The van der Waals surface area contributed by atoms with Crippen LogP contribution in [-0.2, 0) is 19.5 Å². The van der Waals surface area contributed by atoms with E-state index in [1.54, 1.807) is 6.92 Å². The number of carbonyl (C=O) groups is 1. The summed E-state index contributed by atoms with van der Waals surface area (Å²) in [7, 11) is -2.58. The molecule has 0 spiro atoms. The van der Waals surface area contributed by atoms with Gasteiger partial charge in [-0.15, -0.1) is 0 Å². The van der Waals surface area contributed by atoms with Gasteiger partial charge in [0.15, 0.2) is 0 Å². The summed E-state index contributed by atoms with van der Waals surface area (Å²) in [6, 6.07) is 2.58. The van der Waals surface area contributed by atoms with Crippen LogP contribution in [0.5, 0.6) is 0 Å². The van der Waals surface area contributed by atoms with Gasteiger partial charge in [0, 0.05) is 11.6 Å². The lowest BCUT2D eigenvalue weighted by Gasteiger charge is -2.14. The molecule has 0 radical (unpaired) electrons. The summed E-state index contributed by atoms with van der Waals surface area (Å²) in [6.07, 6.45) is -0.500. The molecule has 1 aromatic carbocycles. The van der Waals surface area contributed by atoms with Gasteiger partial charge in [0.05, 0.1) is 17.2 Å². The van der Waals surface area contributed by atoms with Crippen molar-refractivity contribution in [2.24, 2.45) is 5.14 Å². The number of hydrogen-bond donors (Lipinski definition) is 1. The van der Waals surface area contributed by atoms with Crippen LogP contribution < -0.4 is 5.14 Å². The van der Waals surface area contributed by atoms with E-state index in [9.17, 15) is 13.2 Å². The Bertz CT molecular complexity index is 619. The van der Waals surface area contributed by atoms with Crippen LogP contribution in [0.1, 0.15) is 17.3 Å². The number of benzene rings is 1. The topological polar surface area (TPSA) is 95.7 Å². The Morgan fingerprint density at radius 3 is 2.60 bits per heavy atom. The minimum absolute atomic E-state index is 0.0898. The predicted molar refractivity (Wildman–Crippen MR) is 77.3 cm³/mol. The second kappa shape index (κ2) is 6.86. The first-order chi connectivity index (χ1) is 9.16. The van der Waals surface area contributed by atoms with E-state index in [-0.39, 0.29) is 22.1 Å². The van der Waals surface area contributed by atoms with E-state index in [0.29, 0.717) is 4.47 Å². The van der Waals surface area contributed by atoms with Crippen LogP contribution >= 0.6 is 27.5 Å². The van der Waals surface area contributed by atoms with Gasteiger partial charge in [-0.2, -0.15) is 0 Å². The number of hydrogen-bond acceptors (Lipinski definition) is 5. The maximum absolute atomic E-state index is 12.0. The van der Waals surface area contributed by atoms with E-state index in [1.807, 2.05) is 0 Å². The largest absolute Gasteiger partial charge is 0.457 e. The number of nitrogens with two attached hydrogens (primary N) is 1. The maximum atomic E-state index is 12.0. The zero-order valence-corrected chi connectivity index (χ0v) is 13.9. The summed E-state index contributed by atoms with van der Waals surface area (Å²) in [5, 5.41) is 4.77. The monoisotopic (exact) mass is 385 g/mol. The van der Waals surface area contributed by atoms with Crippen LogP contribution in [0.4, 0.5) is 0 Å². The van der Waals surface area contributed by atoms with E-state index in [2.05, 4.69) is 15.9 Å². The molecule has 0 amide bonds. The third kappa shape index (κ3) is 4.42. The van der Waals surface area contributed by atoms with Crippen LogP contribution in [0, 0.1) is 0 Å². The number of methoxy groups -OCH3 is 1. The molecular weight excluding hydrogens is 374 g/mol. The molecule has 0 heterocycles. The first kappa shape index (κ1) is 17.4. The van der Waals surface area contributed by atoms with Gasteiger partial charge in [-0.05, 0) is 19.1 Å². The van der Waals surface area contributed by atoms with E-state index in [1.165, 1.54) is 19.2 Å². The van der Waals surface area contributed by atoms with Crippen molar-refractivity contribution >= 4 is 43.5 Å². The fourth-order valence-corrected chi connectivity index (χ4v) is 3.20. The molecule has 0 aliphatic heterocycles. The molecule has 0 saturated heterocycles. The van der Waals surface area contributed by atoms with Crippen molar-refractivity contribution in [2.45, 2.75) is 17.9 Å². The fraction of sp³-hybridized carbons (Fsp3) is 0.364. The van der Waals surface area contributed by atoms with Gasteiger partial charge in [0.1, 0.15) is 11.0 Å². The SMILES string of the molecule is COCC(C)OC(=O)c1cc(Br)cc(S(N)(=O)=O)c1Cl. The highest BCUT2D eigenvalue weighted by Crippen LogP contribution is 2.29. The lowest BCUT2D eigenvalue weighted by molar-refractivity contribution is 0.0120. The van der Waals surface area contributed by atoms with Crippen LogP contribution in [0.3, 0.4) is 0 Å². The van der Waals surface area contributed by atoms with Crippen molar-refractivity contribution < 1.29 is 22.7 Å². The molecule has 0 saturated carbocycles. The first-order valence-corrected chi connectivity index (χ1v) is 8.10. The zero-order valence-electron chi connectivity index (χ0n) is 10.7. The molecule has 0 aliphatic carbocycles. The standard InChI is InChI=1S/C11H13BrClNO5S/c1-6(5-18-2)19-11(15)8-3-7(12)4-9(10(8)13)20(14,16)17/h3-4,6H,5H2,1-2H3,(H2,14,16,17). The average molecular weight is 387 g/mol. The van der Waals surface area contributed by atoms with Gasteiger partial charge in [0.2, 0.25) is 10.0 Å². The molecule has 2 N–H and O–H groups in total. The third-order valence-electron chi connectivity index (χ3n) is 2.24. The molecule has 0 aliphatic rings. The number of primary sulfonamides is 1. The Morgan fingerprint density at radius 2 is 2.10 bits per heavy atom. The summed E-state index contributed by atoms with van der Waals surface area (Å²) in [4.78, 5) is 11.6. The number of sulfonamides is 1. The molecule has 0 aromatic heterocycles. The number of carbonyl (C=O) groups excluding carboxylic acids is 1. The lowest BCUT2D eigenvalue weighted by Crippen LogP contribution is -2.21. The van der Waals surface area contributed by atoms with Crippen molar-refractivity contribution in [2.75, 3.05) is 13.7 Å². The van der Waals surface area contributed by atoms with Crippen molar-refractivity contribution in [1.82, 2.24) is 0 Å². The van der Waals surface area contributed by atoms with Crippen molar-refractivity contribution in [3.8, 4) is 0 Å². The molecule has 1 atom stereocenters. The second-order valence-corrected chi connectivity index (χ2v) is 6.81. The van der Waals surface area contributed by atoms with Gasteiger partial charge < -0.3 is 9.47 Å². The van der Waals surface area contributed by atoms with E-state index >= 15 is 0 Å². The molecule has 112 valence electrons. The van der Waals surface area contributed by atoms with Gasteiger partial charge >= 0.3 is 5.97 Å². The van der Waals surface area contributed by atoms with Crippen molar-refractivity contribution in [3.05, 3.63) is 27.2 Å². The minimum Gasteiger partial charge on any atom is -0.457 e. The molecule has 1 aromatic rings. The zero-order chi connectivity index (χ0) is 15.5. The Kier molecular flexibility index (Phi) is 5.96. The Hall–Kier alpha value is -0.670. The van der Waals surface area contributed by atoms with Crippen molar-refractivity contribution in [1.29, 1.82) is 0 Å². The normalized spacial score (nSPS) is 13.1. The van der Waals surface area contributed by atoms with Gasteiger partial charge in [0.25, 0.3) is 0 Å². The molecule has 0 bridgehead atoms. The maximum Gasteiger partial charge on any atom is 0.340 e. The van der Waals surface area contributed by atoms with E-state index < -0.39 is 22.1 Å². The summed E-state index contributed by atoms with van der Waals surface area (Å²) in [6.45, 7) is 1.84. The summed E-state index contributed by atoms with van der Waals surface area (Å²) in [5.41, 5.74) is -0.0898. The Balaban J connectivity index is 3.19. The first-order valence-electron chi connectivity index (χ1n) is 5.38. The molecular formula is C11H13BrClNO5S. The molecule has 20 heavy (non-hydrogen) atoms. The number of ether oxygens (including phenoxy) is 2. The average Bonchev–Trinajstić information content (AvgIpc) is 2.30. The van der Waals surface area contributed by atoms with Gasteiger partial charge in [-0.25, -0.2) is 18.4 Å². The van der Waals surface area contributed by atoms with Crippen LogP contribution in [0.2, 0.25) is 5.02 Å². The summed E-state index contributed by atoms with van der Waals surface area (Å²) >= 11 is 9.00. The van der Waals surface area contributed by atoms with Crippen LogP contribution in [-0.4, -0.2) is 34.2 Å². The number of halogens is 2. The fourth-order valence-electron chi connectivity index (χ4n) is 1.43. The molecule has 1 rings (SSSR count).